The van der Waals surface area contributed by atoms with Crippen LogP contribution < -0.4 is 0 Å². The van der Waals surface area contributed by atoms with Crippen molar-refractivity contribution in [3.05, 3.63) is 25.3 Å². The predicted octanol–water partition coefficient (Wildman–Crippen LogP) is 3.62. The van der Waals surface area contributed by atoms with E-state index in [9.17, 15) is 4.79 Å². The number of rotatable bonds is 7. The van der Waals surface area contributed by atoms with Gasteiger partial charge in [0.15, 0.2) is 5.79 Å². The Bertz CT molecular complexity index is 398. The fourth-order valence-electron chi connectivity index (χ4n) is 3.53. The zero-order valence-corrected chi connectivity index (χ0v) is 13.6. The minimum absolute atomic E-state index is 0.113. The van der Waals surface area contributed by atoms with Crippen LogP contribution in [0.2, 0.25) is 0 Å². The van der Waals surface area contributed by atoms with Gasteiger partial charge < -0.3 is 14.2 Å². The molecule has 22 heavy (non-hydrogen) atoms. The first-order chi connectivity index (χ1) is 10.7. The molecule has 0 aromatic rings. The van der Waals surface area contributed by atoms with E-state index in [0.29, 0.717) is 19.6 Å². The molecule has 4 nitrogen and oxygen atoms in total. The topological polar surface area (TPSA) is 44.8 Å². The summed E-state index contributed by atoms with van der Waals surface area (Å²) in [7, 11) is 0. The Balaban J connectivity index is 2.07. The Morgan fingerprint density at radius 2 is 2.09 bits per heavy atom. The smallest absolute Gasteiger partial charge is 0.309 e. The van der Waals surface area contributed by atoms with Gasteiger partial charge in [-0.05, 0) is 26.2 Å². The molecule has 1 aliphatic carbocycles. The second-order valence-electron chi connectivity index (χ2n) is 6.13. The Kier molecular flexibility index (Phi) is 6.21. The van der Waals surface area contributed by atoms with Crippen LogP contribution in [0.3, 0.4) is 0 Å². The van der Waals surface area contributed by atoms with Gasteiger partial charge in [0.1, 0.15) is 0 Å². The van der Waals surface area contributed by atoms with E-state index < -0.39 is 5.79 Å². The summed E-state index contributed by atoms with van der Waals surface area (Å²) in [6.45, 7) is 10.4. The second kappa shape index (κ2) is 7.93. The summed E-state index contributed by atoms with van der Waals surface area (Å²) in [5.74, 6) is -1.06. The average Bonchev–Trinajstić information content (AvgIpc) is 2.91. The van der Waals surface area contributed by atoms with Crippen LogP contribution in [0.4, 0.5) is 0 Å². The first-order valence-electron chi connectivity index (χ1n) is 8.37. The lowest BCUT2D eigenvalue weighted by Crippen LogP contribution is -2.37. The zero-order valence-electron chi connectivity index (χ0n) is 13.6. The van der Waals surface area contributed by atoms with Gasteiger partial charge in [0.2, 0.25) is 0 Å². The first kappa shape index (κ1) is 17.2. The normalized spacial score (nSPS) is 26.3. The third-order valence-corrected chi connectivity index (χ3v) is 4.67. The third-order valence-electron chi connectivity index (χ3n) is 4.67. The SMILES string of the molecule is C=CC[C@H](C(=O)OCC)[C@H](C=C)[C@H]1COC2(CCCCC2)O1. The summed E-state index contributed by atoms with van der Waals surface area (Å²) < 4.78 is 17.5. The van der Waals surface area contributed by atoms with Crippen LogP contribution in [0, 0.1) is 11.8 Å². The van der Waals surface area contributed by atoms with E-state index in [0.717, 1.165) is 25.7 Å². The van der Waals surface area contributed by atoms with Gasteiger partial charge in [-0.15, -0.1) is 13.2 Å². The number of carbonyl (C=O) groups excluding carboxylic acids is 1. The maximum Gasteiger partial charge on any atom is 0.309 e. The highest BCUT2D eigenvalue weighted by atomic mass is 16.7. The van der Waals surface area contributed by atoms with Crippen LogP contribution in [0.25, 0.3) is 0 Å². The molecule has 4 heteroatoms. The maximum absolute atomic E-state index is 12.2. The van der Waals surface area contributed by atoms with E-state index in [1.54, 1.807) is 12.2 Å². The lowest BCUT2D eigenvalue weighted by molar-refractivity contribution is -0.192. The van der Waals surface area contributed by atoms with Gasteiger partial charge in [-0.25, -0.2) is 0 Å². The number of hydrogen-bond acceptors (Lipinski definition) is 4. The molecule has 2 aliphatic rings. The van der Waals surface area contributed by atoms with Crippen LogP contribution in [0.5, 0.6) is 0 Å². The summed E-state index contributed by atoms with van der Waals surface area (Å²) in [5.41, 5.74) is 0. The molecule has 0 amide bonds. The van der Waals surface area contributed by atoms with Crippen molar-refractivity contribution in [2.24, 2.45) is 11.8 Å². The molecule has 124 valence electrons. The van der Waals surface area contributed by atoms with Gasteiger partial charge in [-0.3, -0.25) is 4.79 Å². The number of carbonyl (C=O) groups is 1. The zero-order chi connectivity index (χ0) is 16.0. The van der Waals surface area contributed by atoms with Crippen molar-refractivity contribution < 1.29 is 19.0 Å². The van der Waals surface area contributed by atoms with E-state index >= 15 is 0 Å². The van der Waals surface area contributed by atoms with Crippen molar-refractivity contribution in [2.45, 2.75) is 57.3 Å². The van der Waals surface area contributed by atoms with Gasteiger partial charge in [0.05, 0.1) is 25.2 Å². The van der Waals surface area contributed by atoms with Crippen molar-refractivity contribution in [1.29, 1.82) is 0 Å². The third kappa shape index (κ3) is 3.79. The standard InChI is InChI=1S/C18H28O4/c1-4-10-15(17(19)20-6-3)14(5-2)16-13-21-18(22-16)11-8-7-9-12-18/h4-5,14-16H,1-2,6-13H2,3H3/t14-,15-,16+/m0/s1. The highest BCUT2D eigenvalue weighted by Gasteiger charge is 2.46. The molecule has 0 unspecified atom stereocenters. The number of ether oxygens (including phenoxy) is 3. The van der Waals surface area contributed by atoms with Crippen molar-refractivity contribution >= 4 is 5.97 Å². The minimum atomic E-state index is -0.433. The van der Waals surface area contributed by atoms with Crippen molar-refractivity contribution in [3.8, 4) is 0 Å². The van der Waals surface area contributed by atoms with E-state index in [1.165, 1.54) is 6.42 Å². The van der Waals surface area contributed by atoms with Crippen molar-refractivity contribution in [1.82, 2.24) is 0 Å². The summed E-state index contributed by atoms with van der Waals surface area (Å²) in [6, 6.07) is 0. The molecular formula is C18H28O4. The average molecular weight is 308 g/mol. The molecule has 0 bridgehead atoms. The van der Waals surface area contributed by atoms with Gasteiger partial charge in [-0.2, -0.15) is 0 Å². The second-order valence-corrected chi connectivity index (χ2v) is 6.13. The molecule has 1 saturated carbocycles. The van der Waals surface area contributed by atoms with Gasteiger partial charge in [-0.1, -0.05) is 18.6 Å². The molecule has 0 N–H and O–H groups in total. The fraction of sp³-hybridized carbons (Fsp3) is 0.722. The van der Waals surface area contributed by atoms with E-state index in [2.05, 4.69) is 13.2 Å². The Morgan fingerprint density at radius 1 is 1.36 bits per heavy atom. The summed E-state index contributed by atoms with van der Waals surface area (Å²) in [5, 5.41) is 0. The van der Waals surface area contributed by atoms with E-state index in [-0.39, 0.29) is 23.9 Å². The monoisotopic (exact) mass is 308 g/mol. The highest BCUT2D eigenvalue weighted by molar-refractivity contribution is 5.73. The van der Waals surface area contributed by atoms with Crippen molar-refractivity contribution in [3.63, 3.8) is 0 Å². The van der Waals surface area contributed by atoms with Gasteiger partial charge >= 0.3 is 5.97 Å². The quantitative estimate of drug-likeness (QED) is 0.532. The lowest BCUT2D eigenvalue weighted by atomic mass is 9.85. The molecule has 1 aliphatic heterocycles. The summed E-state index contributed by atoms with van der Waals surface area (Å²) >= 11 is 0. The molecule has 0 aromatic heterocycles. The molecule has 3 atom stereocenters. The number of allylic oxidation sites excluding steroid dienone is 1. The van der Waals surface area contributed by atoms with Gasteiger partial charge in [0, 0.05) is 18.8 Å². The van der Waals surface area contributed by atoms with Crippen LogP contribution in [0.15, 0.2) is 25.3 Å². The summed E-state index contributed by atoms with van der Waals surface area (Å²) in [6.07, 6.45) is 9.39. The Hall–Kier alpha value is -1.13. The fourth-order valence-corrected chi connectivity index (χ4v) is 3.53. The molecule has 0 radical (unpaired) electrons. The molecule has 1 saturated heterocycles. The van der Waals surface area contributed by atoms with Crippen LogP contribution >= 0.6 is 0 Å². The maximum atomic E-state index is 12.2. The molecule has 2 rings (SSSR count). The van der Waals surface area contributed by atoms with E-state index in [1.807, 2.05) is 6.92 Å². The van der Waals surface area contributed by atoms with Crippen LogP contribution in [0.1, 0.15) is 45.4 Å². The first-order valence-corrected chi connectivity index (χ1v) is 8.37. The molecule has 1 spiro atoms. The predicted molar refractivity (Wildman–Crippen MR) is 85.3 cm³/mol. The molecular weight excluding hydrogens is 280 g/mol. The highest BCUT2D eigenvalue weighted by Crippen LogP contribution is 2.41. The van der Waals surface area contributed by atoms with E-state index in [4.69, 9.17) is 14.2 Å². The lowest BCUT2D eigenvalue weighted by Gasteiger charge is -2.33. The Morgan fingerprint density at radius 3 is 2.68 bits per heavy atom. The largest absolute Gasteiger partial charge is 0.466 e. The summed E-state index contributed by atoms with van der Waals surface area (Å²) in [4.78, 5) is 12.2. The molecule has 2 fully saturated rings. The minimum Gasteiger partial charge on any atom is -0.466 e. The van der Waals surface area contributed by atoms with Gasteiger partial charge in [0.25, 0.3) is 0 Å². The molecule has 0 aromatic carbocycles. The Labute approximate surface area is 133 Å². The number of esters is 1. The van der Waals surface area contributed by atoms with Crippen molar-refractivity contribution in [2.75, 3.05) is 13.2 Å². The van der Waals surface area contributed by atoms with Crippen LogP contribution in [-0.4, -0.2) is 31.1 Å². The van der Waals surface area contributed by atoms with Crippen LogP contribution in [-0.2, 0) is 19.0 Å². The molecule has 1 heterocycles. The number of hydrogen-bond donors (Lipinski definition) is 0.